The van der Waals surface area contributed by atoms with E-state index in [-0.39, 0.29) is 44.3 Å². The predicted octanol–water partition coefficient (Wildman–Crippen LogP) is 4.50. The average molecular weight is 751 g/mol. The van der Waals surface area contributed by atoms with Gasteiger partial charge in [-0.25, -0.2) is 14.4 Å². The van der Waals surface area contributed by atoms with Crippen LogP contribution in [0, 0.1) is 26.1 Å². The molecule has 2 aliphatic heterocycles. The van der Waals surface area contributed by atoms with Crippen molar-refractivity contribution < 1.29 is 57.5 Å². The van der Waals surface area contributed by atoms with E-state index in [9.17, 15) is 44.2 Å². The molecule has 2 aliphatic rings. The molecule has 1 N–H and O–H groups in total. The number of thioether (sulfide) groups is 1. The normalized spacial score (nSPS) is 16.7. The highest BCUT2D eigenvalue weighted by Gasteiger charge is 2.59. The van der Waals surface area contributed by atoms with Gasteiger partial charge in [-0.3, -0.25) is 34.7 Å². The standard InChI is InChI=1S/C34H30N4O14S/c1-20(52-34(43)51-19-23-9-13-25(14-10-23)38(46)47)26-29(39)36-27(31(40)49-17-21-5-3-2-4-6-21)28(32(41)53-30(26)36)48-16-15-35-33(42)50-18-22-7-11-24(12-8-22)37(44)45/h2-14,20,26,30H,15-19H2,1H3,(H,35,42)/t20-,26+,30+/m1/s1. The third-order valence-corrected chi connectivity index (χ3v) is 8.93. The molecule has 3 atom stereocenters. The molecule has 0 aromatic heterocycles. The molecular formula is C34H30N4O14S. The Hall–Kier alpha value is -6.50. The molecule has 3 aromatic rings. The Morgan fingerprint density at radius 3 is 1.94 bits per heavy atom. The maximum Gasteiger partial charge on any atom is 0.508 e. The summed E-state index contributed by atoms with van der Waals surface area (Å²) < 4.78 is 26.5. The predicted molar refractivity (Wildman–Crippen MR) is 181 cm³/mol. The van der Waals surface area contributed by atoms with Crippen LogP contribution >= 0.6 is 11.8 Å². The van der Waals surface area contributed by atoms with Crippen LogP contribution in [0.5, 0.6) is 0 Å². The van der Waals surface area contributed by atoms with E-state index in [4.69, 9.17) is 23.7 Å². The number of carbonyl (C=O) groups excluding carboxylic acids is 5. The Morgan fingerprint density at radius 1 is 0.811 bits per heavy atom. The zero-order chi connectivity index (χ0) is 38.1. The number of rotatable bonds is 15. The van der Waals surface area contributed by atoms with Crippen molar-refractivity contribution in [2.75, 3.05) is 13.2 Å². The second kappa shape index (κ2) is 17.1. The number of esters is 1. The minimum Gasteiger partial charge on any atom is -0.485 e. The Kier molecular flexibility index (Phi) is 12.2. The lowest BCUT2D eigenvalue weighted by molar-refractivity contribution is -0.385. The molecule has 18 nitrogen and oxygen atoms in total. The maximum atomic E-state index is 13.5. The van der Waals surface area contributed by atoms with E-state index < -0.39 is 67.9 Å². The second-order valence-electron chi connectivity index (χ2n) is 11.3. The number of nitro groups is 2. The summed E-state index contributed by atoms with van der Waals surface area (Å²) in [7, 11) is 0. The SMILES string of the molecule is C[C@@H](OC(=O)OCc1ccc([N+](=O)[O-])cc1)[C@H]1C(=O)N2C(C(=O)OCc3ccccc3)=C(OCCNC(=O)OCc3ccc([N+](=O)[O-])cc3)C(=O)S[C@@H]12. The maximum absolute atomic E-state index is 13.5. The number of benzene rings is 3. The zero-order valence-corrected chi connectivity index (χ0v) is 28.6. The van der Waals surface area contributed by atoms with Crippen molar-refractivity contribution in [2.45, 2.75) is 38.2 Å². The molecule has 0 radical (unpaired) electrons. The van der Waals surface area contributed by atoms with Crippen LogP contribution in [0.15, 0.2) is 90.3 Å². The summed E-state index contributed by atoms with van der Waals surface area (Å²) in [5, 5.41) is 22.4. The smallest absolute Gasteiger partial charge is 0.485 e. The fraction of sp³-hybridized carbons (Fsp3) is 0.265. The Labute approximate surface area is 304 Å². The fourth-order valence-electron chi connectivity index (χ4n) is 5.10. The van der Waals surface area contributed by atoms with Crippen molar-refractivity contribution >= 4 is 52.4 Å². The van der Waals surface area contributed by atoms with Gasteiger partial charge in [0.05, 0.1) is 16.4 Å². The summed E-state index contributed by atoms with van der Waals surface area (Å²) in [6.07, 6.45) is -3.08. The molecular weight excluding hydrogens is 720 g/mol. The van der Waals surface area contributed by atoms with Crippen molar-refractivity contribution in [1.82, 2.24) is 10.2 Å². The third-order valence-electron chi connectivity index (χ3n) is 7.79. The minimum atomic E-state index is -1.13. The summed E-state index contributed by atoms with van der Waals surface area (Å²) >= 11 is 0.668. The number of alkyl carbamates (subject to hydrolysis) is 1. The van der Waals surface area contributed by atoms with E-state index in [1.807, 2.05) is 0 Å². The third kappa shape index (κ3) is 9.44. The first-order chi connectivity index (χ1) is 25.4. The van der Waals surface area contributed by atoms with Crippen molar-refractivity contribution in [1.29, 1.82) is 0 Å². The van der Waals surface area contributed by atoms with Gasteiger partial charge in [0, 0.05) is 24.3 Å². The number of nitro benzene ring substituents is 2. The number of carbonyl (C=O) groups is 5. The Morgan fingerprint density at radius 2 is 1.36 bits per heavy atom. The van der Waals surface area contributed by atoms with Gasteiger partial charge in [-0.15, -0.1) is 0 Å². The lowest BCUT2D eigenvalue weighted by atomic mass is 9.91. The fourth-order valence-corrected chi connectivity index (χ4v) is 6.38. The highest BCUT2D eigenvalue weighted by molar-refractivity contribution is 8.14. The number of ether oxygens (including phenoxy) is 5. The lowest BCUT2D eigenvalue weighted by Crippen LogP contribution is -2.65. The molecule has 0 unspecified atom stereocenters. The number of nitrogens with one attached hydrogen (secondary N) is 1. The van der Waals surface area contributed by atoms with Crippen molar-refractivity contribution in [3.05, 3.63) is 127 Å². The largest absolute Gasteiger partial charge is 0.508 e. The quantitative estimate of drug-likeness (QED) is 0.0562. The van der Waals surface area contributed by atoms with Gasteiger partial charge >= 0.3 is 18.2 Å². The molecule has 0 bridgehead atoms. The van der Waals surface area contributed by atoms with Gasteiger partial charge in [-0.2, -0.15) is 0 Å². The first kappa shape index (κ1) is 37.7. The van der Waals surface area contributed by atoms with E-state index in [1.165, 1.54) is 55.5 Å². The van der Waals surface area contributed by atoms with Gasteiger partial charge < -0.3 is 29.0 Å². The first-order valence-electron chi connectivity index (χ1n) is 15.8. The van der Waals surface area contributed by atoms with Gasteiger partial charge in [0.15, 0.2) is 5.70 Å². The summed E-state index contributed by atoms with van der Waals surface area (Å²) in [5.74, 6) is -3.22. The summed E-state index contributed by atoms with van der Waals surface area (Å²) in [6, 6.07) is 19.4. The number of fused-ring (bicyclic) bond motifs is 1. The van der Waals surface area contributed by atoms with Gasteiger partial charge in [0.2, 0.25) is 11.7 Å². The summed E-state index contributed by atoms with van der Waals surface area (Å²) in [6.45, 7) is 0.295. The minimum absolute atomic E-state index is 0.119. The lowest BCUT2D eigenvalue weighted by Gasteiger charge is -2.49. The average Bonchev–Trinajstić information content (AvgIpc) is 3.14. The van der Waals surface area contributed by atoms with E-state index in [0.29, 0.717) is 28.5 Å². The van der Waals surface area contributed by atoms with Crippen LogP contribution in [0.3, 0.4) is 0 Å². The van der Waals surface area contributed by atoms with Gasteiger partial charge in [0.25, 0.3) is 16.5 Å². The highest BCUT2D eigenvalue weighted by Crippen LogP contribution is 2.47. The topological polar surface area (TPSA) is 233 Å². The van der Waals surface area contributed by atoms with Crippen LogP contribution in [-0.4, -0.2) is 68.6 Å². The number of amides is 2. The molecule has 0 aliphatic carbocycles. The van der Waals surface area contributed by atoms with Gasteiger partial charge in [-0.05, 0) is 47.9 Å². The van der Waals surface area contributed by atoms with Crippen molar-refractivity contribution in [3.8, 4) is 0 Å². The van der Waals surface area contributed by atoms with E-state index in [2.05, 4.69) is 5.32 Å². The second-order valence-corrected chi connectivity index (χ2v) is 12.4. The summed E-state index contributed by atoms with van der Waals surface area (Å²) in [5.41, 5.74) is 0.872. The number of hydrogen-bond donors (Lipinski definition) is 1. The number of nitrogens with zero attached hydrogens (tertiary/aromatic N) is 3. The van der Waals surface area contributed by atoms with Crippen molar-refractivity contribution in [3.63, 3.8) is 0 Å². The summed E-state index contributed by atoms with van der Waals surface area (Å²) in [4.78, 5) is 86.5. The Balaban J connectivity index is 1.20. The molecule has 3 aromatic carbocycles. The highest BCUT2D eigenvalue weighted by atomic mass is 32.2. The number of non-ortho nitro benzene ring substituents is 2. The van der Waals surface area contributed by atoms with Crippen LogP contribution in [0.4, 0.5) is 21.0 Å². The molecule has 0 spiro atoms. The molecule has 5 rings (SSSR count). The molecule has 19 heteroatoms. The first-order valence-corrected chi connectivity index (χ1v) is 16.6. The van der Waals surface area contributed by atoms with Gasteiger partial charge in [0.1, 0.15) is 43.8 Å². The monoisotopic (exact) mass is 750 g/mol. The van der Waals surface area contributed by atoms with Crippen LogP contribution in [-0.2, 0) is 57.9 Å². The molecule has 0 saturated carbocycles. The number of β-lactam (4-membered cyclic amide) rings is 1. The van der Waals surface area contributed by atoms with Crippen LogP contribution in [0.1, 0.15) is 23.6 Å². The molecule has 1 fully saturated rings. The molecule has 276 valence electrons. The van der Waals surface area contributed by atoms with Crippen LogP contribution in [0.2, 0.25) is 0 Å². The van der Waals surface area contributed by atoms with Crippen LogP contribution in [0.25, 0.3) is 0 Å². The van der Waals surface area contributed by atoms with Crippen LogP contribution < -0.4 is 5.32 Å². The molecule has 2 amide bonds. The number of hydrogen-bond acceptors (Lipinski definition) is 15. The Bertz CT molecular complexity index is 1920. The molecule has 2 heterocycles. The van der Waals surface area contributed by atoms with Gasteiger partial charge in [-0.1, -0.05) is 42.1 Å². The van der Waals surface area contributed by atoms with E-state index in [0.717, 1.165) is 4.90 Å². The van der Waals surface area contributed by atoms with E-state index >= 15 is 0 Å². The van der Waals surface area contributed by atoms with E-state index in [1.54, 1.807) is 30.3 Å². The zero-order valence-electron chi connectivity index (χ0n) is 27.7. The van der Waals surface area contributed by atoms with Crippen molar-refractivity contribution in [2.24, 2.45) is 5.92 Å². The molecule has 53 heavy (non-hydrogen) atoms. The molecule has 1 saturated heterocycles.